The Morgan fingerprint density at radius 3 is 2.97 bits per heavy atom. The molecule has 1 atom stereocenters. The van der Waals surface area contributed by atoms with E-state index in [-0.39, 0.29) is 25.3 Å². The van der Waals surface area contributed by atoms with E-state index in [1.165, 1.54) is 6.33 Å². The van der Waals surface area contributed by atoms with Crippen LogP contribution >= 0.6 is 15.9 Å². The van der Waals surface area contributed by atoms with E-state index in [2.05, 4.69) is 48.4 Å². The molecule has 1 aromatic heterocycles. The Kier molecular flexibility index (Phi) is 8.13. The third-order valence-corrected chi connectivity index (χ3v) is 5.84. The number of hydrogen-bond donors (Lipinski definition) is 2. The molecule has 4 rings (SSSR count). The summed E-state index contributed by atoms with van der Waals surface area (Å²) in [4.78, 5) is 33.2. The number of esters is 1. The quantitative estimate of drug-likeness (QED) is 0.252. The summed E-state index contributed by atoms with van der Waals surface area (Å²) in [6, 6.07) is 11.5. The summed E-state index contributed by atoms with van der Waals surface area (Å²) in [5.74, 6) is 6.07. The lowest BCUT2D eigenvalue weighted by molar-refractivity contribution is -0.155. The lowest BCUT2D eigenvalue weighted by Gasteiger charge is -2.33. The van der Waals surface area contributed by atoms with Crippen molar-refractivity contribution in [1.82, 2.24) is 14.9 Å². The van der Waals surface area contributed by atoms with Gasteiger partial charge in [-0.2, -0.15) is 0 Å². The number of aromatic nitrogens is 2. The highest BCUT2D eigenvalue weighted by Crippen LogP contribution is 2.34. The molecule has 1 fully saturated rings. The summed E-state index contributed by atoms with van der Waals surface area (Å²) in [5, 5.41) is 7.34. The number of hydrogen-bond acceptors (Lipinski definition) is 9. The van der Waals surface area contributed by atoms with E-state index >= 15 is 0 Å². The third-order valence-electron chi connectivity index (χ3n) is 5.35. The number of carbonyl (C=O) groups is 2. The molecule has 0 saturated carbocycles. The number of anilines is 3. The first-order valence-corrected chi connectivity index (χ1v) is 11.9. The van der Waals surface area contributed by atoms with E-state index in [1.54, 1.807) is 0 Å². The Balaban J connectivity index is 1.69. The monoisotopic (exact) mass is 537 g/mol. The Labute approximate surface area is 211 Å². The molecule has 9 nitrogen and oxygen atoms in total. The summed E-state index contributed by atoms with van der Waals surface area (Å²) in [6.07, 6.45) is 2.38. The molecule has 2 heterocycles. The van der Waals surface area contributed by atoms with Crippen molar-refractivity contribution in [3.63, 3.8) is 0 Å². The molecule has 0 amide bonds. The molecule has 3 aromatic rings. The molecule has 2 aromatic carbocycles. The van der Waals surface area contributed by atoms with Gasteiger partial charge in [-0.1, -0.05) is 34.8 Å². The number of rotatable bonds is 8. The fourth-order valence-corrected chi connectivity index (χ4v) is 4.13. The first-order chi connectivity index (χ1) is 17.1. The Morgan fingerprint density at radius 2 is 2.20 bits per heavy atom. The van der Waals surface area contributed by atoms with Crippen molar-refractivity contribution in [1.29, 1.82) is 0 Å². The van der Waals surface area contributed by atoms with Gasteiger partial charge in [-0.3, -0.25) is 14.5 Å². The normalized spacial score (nSPS) is 14.4. The van der Waals surface area contributed by atoms with Crippen LogP contribution in [0.2, 0.25) is 0 Å². The van der Waals surface area contributed by atoms with Crippen molar-refractivity contribution in [3.8, 4) is 17.6 Å². The van der Waals surface area contributed by atoms with Gasteiger partial charge in [-0.15, -0.1) is 0 Å². The molecule has 10 heteroatoms. The summed E-state index contributed by atoms with van der Waals surface area (Å²) < 4.78 is 12.4. The molecule has 0 bridgehead atoms. The predicted molar refractivity (Wildman–Crippen MR) is 137 cm³/mol. The van der Waals surface area contributed by atoms with E-state index in [0.29, 0.717) is 48.6 Å². The van der Waals surface area contributed by atoms with Crippen LogP contribution < -0.4 is 15.4 Å². The summed E-state index contributed by atoms with van der Waals surface area (Å²) >= 11 is 3.48. The smallest absolute Gasteiger partial charge is 0.320 e. The van der Waals surface area contributed by atoms with Crippen molar-refractivity contribution in [2.75, 3.05) is 36.9 Å². The number of aldehydes is 1. The van der Waals surface area contributed by atoms with Crippen molar-refractivity contribution < 1.29 is 19.1 Å². The number of ether oxygens (including phenoxy) is 2. The fraction of sp³-hybridized carbons (Fsp3) is 0.280. The minimum atomic E-state index is -0.331. The minimum absolute atomic E-state index is 0.169. The van der Waals surface area contributed by atoms with E-state index in [1.807, 2.05) is 48.2 Å². The summed E-state index contributed by atoms with van der Waals surface area (Å²) in [7, 11) is 0. The van der Waals surface area contributed by atoms with Gasteiger partial charge in [0.1, 0.15) is 24.5 Å². The lowest BCUT2D eigenvalue weighted by Crippen LogP contribution is -2.48. The Bertz CT molecular complexity index is 1290. The third kappa shape index (κ3) is 6.26. The van der Waals surface area contributed by atoms with Gasteiger partial charge >= 0.3 is 5.97 Å². The zero-order chi connectivity index (χ0) is 24.6. The molecule has 1 unspecified atom stereocenters. The van der Waals surface area contributed by atoms with E-state index in [9.17, 15) is 9.59 Å². The van der Waals surface area contributed by atoms with Gasteiger partial charge in [0.25, 0.3) is 0 Å². The lowest BCUT2D eigenvalue weighted by atomic mass is 10.1. The molecule has 1 aliphatic heterocycles. The van der Waals surface area contributed by atoms with E-state index < -0.39 is 0 Å². The van der Waals surface area contributed by atoms with Gasteiger partial charge in [0.2, 0.25) is 0 Å². The van der Waals surface area contributed by atoms with Gasteiger partial charge in [-0.05, 0) is 36.6 Å². The number of fused-ring (bicyclic) bond motifs is 1. The maximum absolute atomic E-state index is 11.8. The van der Waals surface area contributed by atoms with Crippen LogP contribution in [0, 0.1) is 11.8 Å². The number of benzene rings is 2. The molecule has 0 radical (unpaired) electrons. The van der Waals surface area contributed by atoms with E-state index in [0.717, 1.165) is 15.5 Å². The second-order valence-electron chi connectivity index (χ2n) is 7.69. The van der Waals surface area contributed by atoms with Gasteiger partial charge < -0.3 is 20.1 Å². The number of morpholine rings is 1. The predicted octanol–water partition coefficient (Wildman–Crippen LogP) is 3.72. The van der Waals surface area contributed by atoms with Crippen molar-refractivity contribution >= 4 is 56.3 Å². The molecule has 2 N–H and O–H groups in total. The fourth-order valence-electron chi connectivity index (χ4n) is 3.73. The molecule has 1 saturated heterocycles. The standard InChI is InChI=1S/C25H24BrN5O4/c1-2-23(31-9-11-34-24(33)15-31)35-22-14-20-19(13-21(22)27-8-3-4-10-32)25(29-16-28-20)30-18-7-5-6-17(26)12-18/h5-7,10,12-14,16,23,27H,2,8-9,11,15H2,1H3,(H,28,29,30). The van der Waals surface area contributed by atoms with Crippen LogP contribution in [-0.2, 0) is 14.3 Å². The number of nitrogens with zero attached hydrogens (tertiary/aromatic N) is 3. The molecule has 0 aliphatic carbocycles. The largest absolute Gasteiger partial charge is 0.473 e. The van der Waals surface area contributed by atoms with Crippen LogP contribution in [0.25, 0.3) is 10.9 Å². The highest BCUT2D eigenvalue weighted by molar-refractivity contribution is 9.10. The van der Waals surface area contributed by atoms with Crippen molar-refractivity contribution in [2.45, 2.75) is 19.6 Å². The first kappa shape index (κ1) is 24.4. The van der Waals surface area contributed by atoms with Gasteiger partial charge in [0.15, 0.2) is 12.5 Å². The summed E-state index contributed by atoms with van der Waals surface area (Å²) in [6.45, 7) is 3.34. The molecule has 0 spiro atoms. The second-order valence-corrected chi connectivity index (χ2v) is 8.60. The second kappa shape index (κ2) is 11.6. The number of cyclic esters (lactones) is 1. The topological polar surface area (TPSA) is 106 Å². The highest BCUT2D eigenvalue weighted by Gasteiger charge is 2.26. The highest BCUT2D eigenvalue weighted by atomic mass is 79.9. The van der Waals surface area contributed by atoms with Gasteiger partial charge in [-0.25, -0.2) is 9.97 Å². The van der Waals surface area contributed by atoms with Crippen LogP contribution in [0.3, 0.4) is 0 Å². The summed E-state index contributed by atoms with van der Waals surface area (Å²) in [5.41, 5.74) is 2.22. The molecule has 1 aliphatic rings. The van der Waals surface area contributed by atoms with E-state index in [4.69, 9.17) is 9.47 Å². The van der Waals surface area contributed by atoms with Crippen LogP contribution in [0.4, 0.5) is 17.2 Å². The molecular formula is C25H24BrN5O4. The van der Waals surface area contributed by atoms with Crippen molar-refractivity contribution in [2.24, 2.45) is 0 Å². The zero-order valence-electron chi connectivity index (χ0n) is 19.1. The SMILES string of the molecule is CCC(Oc1cc2ncnc(Nc3cccc(Br)c3)c2cc1NCC#CC=O)N1CCOC(=O)C1. The van der Waals surface area contributed by atoms with Crippen molar-refractivity contribution in [3.05, 3.63) is 47.2 Å². The Morgan fingerprint density at radius 1 is 1.31 bits per heavy atom. The van der Waals surface area contributed by atoms with Crippen LogP contribution in [-0.4, -0.2) is 59.6 Å². The first-order valence-electron chi connectivity index (χ1n) is 11.1. The van der Waals surface area contributed by atoms with Crippen LogP contribution in [0.1, 0.15) is 13.3 Å². The zero-order valence-corrected chi connectivity index (χ0v) is 20.7. The van der Waals surface area contributed by atoms with Gasteiger partial charge in [0, 0.05) is 28.2 Å². The van der Waals surface area contributed by atoms with Crippen LogP contribution in [0.5, 0.6) is 5.75 Å². The molecule has 180 valence electrons. The molecular weight excluding hydrogens is 514 g/mol. The average molecular weight is 538 g/mol. The Hall–Kier alpha value is -3.68. The maximum Gasteiger partial charge on any atom is 0.320 e. The maximum atomic E-state index is 11.8. The molecule has 35 heavy (non-hydrogen) atoms. The average Bonchev–Trinajstić information content (AvgIpc) is 2.85. The number of carbonyl (C=O) groups excluding carboxylic acids is 2. The number of halogens is 1. The number of nitrogens with one attached hydrogen (secondary N) is 2. The minimum Gasteiger partial charge on any atom is -0.473 e. The van der Waals surface area contributed by atoms with Crippen LogP contribution in [0.15, 0.2) is 47.2 Å². The van der Waals surface area contributed by atoms with Gasteiger partial charge in [0.05, 0.1) is 24.3 Å².